The maximum atomic E-state index is 10.9. The molecule has 10 heteroatoms. The van der Waals surface area contributed by atoms with Crippen molar-refractivity contribution in [3.05, 3.63) is 24.3 Å². The number of hydrogen-bond donors (Lipinski definition) is 6. The molecule has 1 aromatic rings. The van der Waals surface area contributed by atoms with Crippen LogP contribution in [0.5, 0.6) is 5.75 Å². The summed E-state index contributed by atoms with van der Waals surface area (Å²) < 4.78 is 21.7. The van der Waals surface area contributed by atoms with Gasteiger partial charge in [0.15, 0.2) is 0 Å². The van der Waals surface area contributed by atoms with E-state index < -0.39 is 44.5 Å². The molecule has 23 heavy (non-hydrogen) atoms. The van der Waals surface area contributed by atoms with Crippen LogP contribution in [0.25, 0.3) is 0 Å². The Morgan fingerprint density at radius 2 is 1.70 bits per heavy atom. The van der Waals surface area contributed by atoms with Gasteiger partial charge in [-0.25, -0.2) is 0 Å². The molecule has 0 spiro atoms. The SMILES string of the molecule is Nc1ccc(O[C@H]2O[C@H](CCP(=O)(O)O)[C@@H](O)[C@H](O)[C@@H]2O)cc1. The molecule has 7 N–H and O–H groups in total. The topological polar surface area (TPSA) is 163 Å². The van der Waals surface area contributed by atoms with Gasteiger partial charge in [0.05, 0.1) is 12.3 Å². The minimum absolute atomic E-state index is 0.198. The fourth-order valence-corrected chi connectivity index (χ4v) is 2.82. The lowest BCUT2D eigenvalue weighted by Crippen LogP contribution is -2.59. The molecule has 0 aliphatic carbocycles. The highest BCUT2D eigenvalue weighted by atomic mass is 31.2. The van der Waals surface area contributed by atoms with E-state index in [2.05, 4.69) is 0 Å². The molecule has 9 nitrogen and oxygen atoms in total. The number of benzene rings is 1. The zero-order chi connectivity index (χ0) is 17.2. The van der Waals surface area contributed by atoms with Crippen molar-refractivity contribution in [2.45, 2.75) is 37.1 Å². The summed E-state index contributed by atoms with van der Waals surface area (Å²) in [7, 11) is -4.28. The number of anilines is 1. The van der Waals surface area contributed by atoms with Gasteiger partial charge in [0.25, 0.3) is 0 Å². The first-order valence-corrected chi connectivity index (χ1v) is 8.73. The van der Waals surface area contributed by atoms with Gasteiger partial charge in [-0.3, -0.25) is 4.57 Å². The van der Waals surface area contributed by atoms with Crippen molar-refractivity contribution in [3.8, 4) is 5.75 Å². The highest BCUT2D eigenvalue weighted by Gasteiger charge is 2.45. The van der Waals surface area contributed by atoms with Gasteiger partial charge in [-0.05, 0) is 30.7 Å². The Kier molecular flexibility index (Phi) is 5.64. The summed E-state index contributed by atoms with van der Waals surface area (Å²) in [5.41, 5.74) is 6.06. The van der Waals surface area contributed by atoms with Crippen LogP contribution in [0, 0.1) is 0 Å². The summed E-state index contributed by atoms with van der Waals surface area (Å²) in [4.78, 5) is 17.8. The van der Waals surface area contributed by atoms with E-state index in [0.29, 0.717) is 11.4 Å². The molecule has 1 heterocycles. The van der Waals surface area contributed by atoms with Crippen molar-refractivity contribution >= 4 is 13.3 Å². The van der Waals surface area contributed by atoms with Crippen LogP contribution in [0.2, 0.25) is 0 Å². The highest BCUT2D eigenvalue weighted by molar-refractivity contribution is 7.51. The third kappa shape index (κ3) is 4.89. The first-order valence-electron chi connectivity index (χ1n) is 6.94. The predicted molar refractivity (Wildman–Crippen MR) is 79.7 cm³/mol. The minimum Gasteiger partial charge on any atom is -0.462 e. The summed E-state index contributed by atoms with van der Waals surface area (Å²) >= 11 is 0. The van der Waals surface area contributed by atoms with Crippen molar-refractivity contribution in [1.82, 2.24) is 0 Å². The van der Waals surface area contributed by atoms with Crippen LogP contribution >= 0.6 is 7.60 Å². The molecule has 1 aliphatic rings. The van der Waals surface area contributed by atoms with Crippen molar-refractivity contribution in [1.29, 1.82) is 0 Å². The fourth-order valence-electron chi connectivity index (χ4n) is 2.23. The lowest BCUT2D eigenvalue weighted by molar-refractivity contribution is -0.272. The molecule has 0 amide bonds. The van der Waals surface area contributed by atoms with E-state index in [1.807, 2.05) is 0 Å². The van der Waals surface area contributed by atoms with Gasteiger partial charge in [-0.15, -0.1) is 0 Å². The van der Waals surface area contributed by atoms with E-state index in [9.17, 15) is 19.9 Å². The van der Waals surface area contributed by atoms with E-state index in [1.54, 1.807) is 12.1 Å². The highest BCUT2D eigenvalue weighted by Crippen LogP contribution is 2.37. The summed E-state index contributed by atoms with van der Waals surface area (Å²) in [6, 6.07) is 6.21. The number of nitrogens with two attached hydrogens (primary N) is 1. The Balaban J connectivity index is 2.06. The van der Waals surface area contributed by atoms with E-state index >= 15 is 0 Å². The molecular weight excluding hydrogens is 329 g/mol. The number of ether oxygens (including phenoxy) is 2. The Morgan fingerprint density at radius 1 is 1.09 bits per heavy atom. The molecule has 130 valence electrons. The number of hydrogen-bond acceptors (Lipinski definition) is 7. The third-order valence-electron chi connectivity index (χ3n) is 3.51. The molecule has 0 radical (unpaired) electrons. The third-order valence-corrected chi connectivity index (χ3v) is 4.35. The van der Waals surface area contributed by atoms with Crippen LogP contribution in [-0.4, -0.2) is 62.0 Å². The summed E-state index contributed by atoms with van der Waals surface area (Å²) in [6.45, 7) is 0. The summed E-state index contributed by atoms with van der Waals surface area (Å²) in [5.74, 6) is 0.320. The zero-order valence-corrected chi connectivity index (χ0v) is 13.0. The second-order valence-corrected chi connectivity index (χ2v) is 7.16. The van der Waals surface area contributed by atoms with Gasteiger partial charge in [-0.1, -0.05) is 0 Å². The van der Waals surface area contributed by atoms with Crippen LogP contribution in [0.15, 0.2) is 24.3 Å². The Labute approximate surface area is 132 Å². The number of rotatable bonds is 5. The van der Waals surface area contributed by atoms with Crippen LogP contribution in [-0.2, 0) is 9.30 Å². The van der Waals surface area contributed by atoms with E-state index in [-0.39, 0.29) is 6.42 Å². The second-order valence-electron chi connectivity index (χ2n) is 5.38. The van der Waals surface area contributed by atoms with Crippen molar-refractivity contribution in [2.24, 2.45) is 0 Å². The summed E-state index contributed by atoms with van der Waals surface area (Å²) in [6.07, 6.45) is -7.66. The first-order chi connectivity index (χ1) is 10.7. The number of aliphatic hydroxyl groups is 3. The number of nitrogen functional groups attached to an aromatic ring is 1. The van der Waals surface area contributed by atoms with Crippen LogP contribution in [0.1, 0.15) is 6.42 Å². The fraction of sp³-hybridized carbons (Fsp3) is 0.538. The Hall–Kier alpha value is -1.19. The molecule has 0 unspecified atom stereocenters. The minimum atomic E-state index is -4.28. The van der Waals surface area contributed by atoms with E-state index in [4.69, 9.17) is 25.0 Å². The molecule has 0 saturated carbocycles. The van der Waals surface area contributed by atoms with Crippen LogP contribution < -0.4 is 10.5 Å². The Bertz CT molecular complexity index is 562. The maximum absolute atomic E-state index is 10.9. The standard InChI is InChI=1S/C13H20NO8P/c14-7-1-3-8(4-2-7)21-13-12(17)11(16)10(15)9(22-13)5-6-23(18,19)20/h1-4,9-13,15-17H,5-6,14H2,(H2,18,19,20)/t9-,10-,11+,12+,13+/m1/s1. The average Bonchev–Trinajstić information content (AvgIpc) is 2.48. The van der Waals surface area contributed by atoms with Crippen LogP contribution in [0.3, 0.4) is 0 Å². The predicted octanol–water partition coefficient (Wildman–Crippen LogP) is -0.977. The molecule has 1 aliphatic heterocycles. The first kappa shape index (κ1) is 18.2. The van der Waals surface area contributed by atoms with Gasteiger partial charge in [-0.2, -0.15) is 0 Å². The molecule has 5 atom stereocenters. The average molecular weight is 349 g/mol. The largest absolute Gasteiger partial charge is 0.462 e. The van der Waals surface area contributed by atoms with Gasteiger partial charge >= 0.3 is 7.60 Å². The van der Waals surface area contributed by atoms with Crippen molar-refractivity contribution < 1.29 is 39.1 Å². The smallest absolute Gasteiger partial charge is 0.325 e. The Morgan fingerprint density at radius 3 is 2.26 bits per heavy atom. The number of aliphatic hydroxyl groups excluding tert-OH is 3. The van der Waals surface area contributed by atoms with Gasteiger partial charge in [0.2, 0.25) is 6.29 Å². The lowest BCUT2D eigenvalue weighted by Gasteiger charge is -2.40. The molecule has 2 rings (SSSR count). The van der Waals surface area contributed by atoms with Gasteiger partial charge < -0.3 is 40.3 Å². The molecular formula is C13H20NO8P. The molecule has 1 saturated heterocycles. The van der Waals surface area contributed by atoms with E-state index in [0.717, 1.165) is 0 Å². The quantitative estimate of drug-likeness (QED) is 0.290. The zero-order valence-electron chi connectivity index (χ0n) is 12.1. The van der Waals surface area contributed by atoms with E-state index in [1.165, 1.54) is 12.1 Å². The van der Waals surface area contributed by atoms with Crippen molar-refractivity contribution in [3.63, 3.8) is 0 Å². The normalized spacial score (nSPS) is 31.8. The second kappa shape index (κ2) is 7.14. The summed E-state index contributed by atoms with van der Waals surface area (Å²) in [5, 5.41) is 29.7. The molecule has 1 fully saturated rings. The lowest BCUT2D eigenvalue weighted by atomic mass is 9.97. The van der Waals surface area contributed by atoms with Crippen molar-refractivity contribution in [2.75, 3.05) is 11.9 Å². The van der Waals surface area contributed by atoms with Crippen LogP contribution in [0.4, 0.5) is 5.69 Å². The molecule has 0 aromatic heterocycles. The monoisotopic (exact) mass is 349 g/mol. The van der Waals surface area contributed by atoms with Gasteiger partial charge in [0, 0.05) is 5.69 Å². The molecule has 0 bridgehead atoms. The molecule has 1 aromatic carbocycles. The van der Waals surface area contributed by atoms with Gasteiger partial charge in [0.1, 0.15) is 24.1 Å². The maximum Gasteiger partial charge on any atom is 0.325 e.